The second kappa shape index (κ2) is 5.87. The maximum Gasteiger partial charge on any atom is 0.254 e. The lowest BCUT2D eigenvalue weighted by Crippen LogP contribution is -2.56. The SMILES string of the molecule is CC(C)CNC(=O)C1CN(C(=O)c2ccc3c(c2)OCO3)C1. The Balaban J connectivity index is 1.54. The summed E-state index contributed by atoms with van der Waals surface area (Å²) in [6.45, 7) is 5.90. The van der Waals surface area contributed by atoms with Gasteiger partial charge < -0.3 is 19.7 Å². The second-order valence-corrected chi connectivity index (χ2v) is 6.11. The van der Waals surface area contributed by atoms with Gasteiger partial charge in [-0.2, -0.15) is 0 Å². The van der Waals surface area contributed by atoms with Crippen LogP contribution in [0.4, 0.5) is 0 Å². The molecule has 1 fully saturated rings. The van der Waals surface area contributed by atoms with Crippen LogP contribution in [0.5, 0.6) is 11.5 Å². The number of amides is 2. The topological polar surface area (TPSA) is 67.9 Å². The van der Waals surface area contributed by atoms with Crippen LogP contribution in [-0.4, -0.2) is 43.1 Å². The average Bonchev–Trinajstić information content (AvgIpc) is 2.90. The van der Waals surface area contributed by atoms with Gasteiger partial charge in [0.1, 0.15) is 0 Å². The first-order valence-electron chi connectivity index (χ1n) is 7.51. The first-order chi connectivity index (χ1) is 10.5. The molecule has 1 aromatic carbocycles. The molecule has 1 saturated heterocycles. The van der Waals surface area contributed by atoms with Crippen molar-refractivity contribution in [1.29, 1.82) is 0 Å². The molecule has 22 heavy (non-hydrogen) atoms. The van der Waals surface area contributed by atoms with E-state index in [1.54, 1.807) is 23.1 Å². The number of likely N-dealkylation sites (tertiary alicyclic amines) is 1. The third-order valence-corrected chi connectivity index (χ3v) is 3.84. The number of carbonyl (C=O) groups excluding carboxylic acids is 2. The van der Waals surface area contributed by atoms with Crippen molar-refractivity contribution in [3.8, 4) is 11.5 Å². The predicted molar refractivity (Wildman–Crippen MR) is 79.8 cm³/mol. The molecule has 0 saturated carbocycles. The van der Waals surface area contributed by atoms with Crippen molar-refractivity contribution in [2.24, 2.45) is 11.8 Å². The highest BCUT2D eigenvalue weighted by molar-refractivity contribution is 5.96. The minimum absolute atomic E-state index is 0.0310. The number of nitrogens with zero attached hydrogens (tertiary/aromatic N) is 1. The molecule has 2 amide bonds. The highest BCUT2D eigenvalue weighted by Gasteiger charge is 2.36. The quantitative estimate of drug-likeness (QED) is 0.909. The van der Waals surface area contributed by atoms with Gasteiger partial charge in [0.2, 0.25) is 12.7 Å². The van der Waals surface area contributed by atoms with E-state index < -0.39 is 0 Å². The Hall–Kier alpha value is -2.24. The van der Waals surface area contributed by atoms with E-state index in [4.69, 9.17) is 9.47 Å². The van der Waals surface area contributed by atoms with E-state index in [-0.39, 0.29) is 24.5 Å². The first-order valence-corrected chi connectivity index (χ1v) is 7.51. The Bertz CT molecular complexity index is 594. The van der Waals surface area contributed by atoms with Crippen LogP contribution in [-0.2, 0) is 4.79 Å². The van der Waals surface area contributed by atoms with Gasteiger partial charge >= 0.3 is 0 Å². The molecule has 0 radical (unpaired) electrons. The van der Waals surface area contributed by atoms with Crippen LogP contribution in [0, 0.1) is 11.8 Å². The number of ether oxygens (including phenoxy) is 2. The summed E-state index contributed by atoms with van der Waals surface area (Å²) in [7, 11) is 0. The molecule has 0 spiro atoms. The molecule has 0 unspecified atom stereocenters. The zero-order valence-corrected chi connectivity index (χ0v) is 12.8. The maximum absolute atomic E-state index is 12.4. The van der Waals surface area contributed by atoms with Crippen LogP contribution >= 0.6 is 0 Å². The Kier molecular flexibility index (Phi) is 3.92. The van der Waals surface area contributed by atoms with E-state index >= 15 is 0 Å². The smallest absolute Gasteiger partial charge is 0.254 e. The third-order valence-electron chi connectivity index (χ3n) is 3.84. The zero-order valence-electron chi connectivity index (χ0n) is 12.8. The maximum atomic E-state index is 12.4. The molecule has 0 atom stereocenters. The first kappa shape index (κ1) is 14.7. The summed E-state index contributed by atoms with van der Waals surface area (Å²) < 4.78 is 10.5. The highest BCUT2D eigenvalue weighted by Crippen LogP contribution is 2.33. The highest BCUT2D eigenvalue weighted by atomic mass is 16.7. The Morgan fingerprint density at radius 3 is 2.73 bits per heavy atom. The van der Waals surface area contributed by atoms with Crippen molar-refractivity contribution in [3.05, 3.63) is 23.8 Å². The summed E-state index contributed by atoms with van der Waals surface area (Å²) in [6.07, 6.45) is 0. The number of hydrogen-bond acceptors (Lipinski definition) is 4. The number of carbonyl (C=O) groups is 2. The van der Waals surface area contributed by atoms with Crippen LogP contribution in [0.15, 0.2) is 18.2 Å². The van der Waals surface area contributed by atoms with Crippen LogP contribution in [0.2, 0.25) is 0 Å². The minimum Gasteiger partial charge on any atom is -0.454 e. The van der Waals surface area contributed by atoms with Crippen molar-refractivity contribution in [3.63, 3.8) is 0 Å². The van der Waals surface area contributed by atoms with E-state index in [0.717, 1.165) is 0 Å². The van der Waals surface area contributed by atoms with Gasteiger partial charge in [-0.05, 0) is 24.1 Å². The van der Waals surface area contributed by atoms with Crippen molar-refractivity contribution < 1.29 is 19.1 Å². The van der Waals surface area contributed by atoms with Crippen molar-refractivity contribution in [2.45, 2.75) is 13.8 Å². The lowest BCUT2D eigenvalue weighted by Gasteiger charge is -2.38. The molecular weight excluding hydrogens is 284 g/mol. The van der Waals surface area contributed by atoms with Gasteiger partial charge in [-0.3, -0.25) is 9.59 Å². The standard InChI is InChI=1S/C16H20N2O4/c1-10(2)6-17-15(19)12-7-18(8-12)16(20)11-3-4-13-14(5-11)22-9-21-13/h3-5,10,12H,6-9H2,1-2H3,(H,17,19). The van der Waals surface area contributed by atoms with E-state index in [1.807, 2.05) is 0 Å². The summed E-state index contributed by atoms with van der Waals surface area (Å²) in [5.74, 6) is 1.53. The molecule has 6 heteroatoms. The van der Waals surface area contributed by atoms with Crippen molar-refractivity contribution in [1.82, 2.24) is 10.2 Å². The summed E-state index contributed by atoms with van der Waals surface area (Å²) >= 11 is 0. The molecular formula is C16H20N2O4. The lowest BCUT2D eigenvalue weighted by atomic mass is 9.97. The normalized spacial score (nSPS) is 16.6. The monoisotopic (exact) mass is 304 g/mol. The average molecular weight is 304 g/mol. The van der Waals surface area contributed by atoms with Crippen molar-refractivity contribution >= 4 is 11.8 Å². The molecule has 2 aliphatic rings. The largest absolute Gasteiger partial charge is 0.454 e. The van der Waals surface area contributed by atoms with Gasteiger partial charge in [0.15, 0.2) is 11.5 Å². The fourth-order valence-electron chi connectivity index (χ4n) is 2.47. The second-order valence-electron chi connectivity index (χ2n) is 6.11. The number of benzene rings is 1. The molecule has 1 N–H and O–H groups in total. The Labute approximate surface area is 129 Å². The van der Waals surface area contributed by atoms with Gasteiger partial charge in [0.25, 0.3) is 5.91 Å². The fourth-order valence-corrected chi connectivity index (χ4v) is 2.47. The van der Waals surface area contributed by atoms with E-state index in [9.17, 15) is 9.59 Å². The number of hydrogen-bond donors (Lipinski definition) is 1. The summed E-state index contributed by atoms with van der Waals surface area (Å²) in [5, 5.41) is 2.90. The lowest BCUT2D eigenvalue weighted by molar-refractivity contribution is -0.129. The molecule has 6 nitrogen and oxygen atoms in total. The predicted octanol–water partition coefficient (Wildman–Crippen LogP) is 1.26. The van der Waals surface area contributed by atoms with Crippen LogP contribution in [0.1, 0.15) is 24.2 Å². The van der Waals surface area contributed by atoms with Gasteiger partial charge in [0.05, 0.1) is 5.92 Å². The van der Waals surface area contributed by atoms with Crippen LogP contribution in [0.25, 0.3) is 0 Å². The van der Waals surface area contributed by atoms with Gasteiger partial charge in [-0.1, -0.05) is 13.8 Å². The molecule has 2 heterocycles. The summed E-state index contributed by atoms with van der Waals surface area (Å²) in [6, 6.07) is 5.15. The van der Waals surface area contributed by atoms with Gasteiger partial charge in [-0.25, -0.2) is 0 Å². The summed E-state index contributed by atoms with van der Waals surface area (Å²) in [4.78, 5) is 25.9. The van der Waals surface area contributed by atoms with E-state index in [2.05, 4.69) is 19.2 Å². The molecule has 0 aromatic heterocycles. The van der Waals surface area contributed by atoms with Gasteiger partial charge in [0, 0.05) is 25.2 Å². The number of rotatable bonds is 4. The Morgan fingerprint density at radius 2 is 2.00 bits per heavy atom. The van der Waals surface area contributed by atoms with Crippen molar-refractivity contribution in [2.75, 3.05) is 26.4 Å². The molecule has 118 valence electrons. The van der Waals surface area contributed by atoms with Crippen LogP contribution in [0.3, 0.4) is 0 Å². The fraction of sp³-hybridized carbons (Fsp3) is 0.500. The van der Waals surface area contributed by atoms with Crippen LogP contribution < -0.4 is 14.8 Å². The molecule has 1 aromatic rings. The summed E-state index contributed by atoms with van der Waals surface area (Å²) in [5.41, 5.74) is 0.560. The van der Waals surface area contributed by atoms with E-state index in [0.29, 0.717) is 42.6 Å². The van der Waals surface area contributed by atoms with E-state index in [1.165, 1.54) is 0 Å². The molecule has 2 aliphatic heterocycles. The van der Waals surface area contributed by atoms with Gasteiger partial charge in [-0.15, -0.1) is 0 Å². The number of fused-ring (bicyclic) bond motifs is 1. The Morgan fingerprint density at radius 1 is 1.27 bits per heavy atom. The number of nitrogens with one attached hydrogen (secondary N) is 1. The molecule has 3 rings (SSSR count). The zero-order chi connectivity index (χ0) is 15.7. The molecule has 0 aliphatic carbocycles. The molecule has 0 bridgehead atoms. The minimum atomic E-state index is -0.100. The third kappa shape index (κ3) is 2.86.